The van der Waals surface area contributed by atoms with Crippen molar-refractivity contribution in [1.29, 1.82) is 0 Å². The zero-order valence-corrected chi connectivity index (χ0v) is 19.2. The first kappa shape index (κ1) is 21.8. The van der Waals surface area contributed by atoms with Gasteiger partial charge in [0.1, 0.15) is 16.7 Å². The molecule has 2 aromatic heterocycles. The molecule has 1 aliphatic carbocycles. The highest BCUT2D eigenvalue weighted by molar-refractivity contribution is 7.92. The number of hydrogen-bond donors (Lipinski definition) is 4. The van der Waals surface area contributed by atoms with Gasteiger partial charge in [0.05, 0.1) is 18.1 Å². The molecule has 2 heterocycles. The fourth-order valence-electron chi connectivity index (χ4n) is 3.59. The van der Waals surface area contributed by atoms with Crippen LogP contribution >= 0.6 is 0 Å². The normalized spacial score (nSPS) is 13.6. The van der Waals surface area contributed by atoms with Gasteiger partial charge in [-0.1, -0.05) is 24.3 Å². The number of nitrogens with one attached hydrogen (secondary N) is 4. The summed E-state index contributed by atoms with van der Waals surface area (Å²) in [6.45, 7) is 0.463. The minimum Gasteiger partial charge on any atom is -0.352 e. The molecule has 1 aliphatic rings. The highest BCUT2D eigenvalue weighted by Gasteiger charge is 2.29. The first-order chi connectivity index (χ1) is 16.3. The SMILES string of the molecule is CS(=O)(=O)Nc1cccc(Nc2ncc3[nH]nc(-c4cccc(CNC(=O)C5CC5)c4)c3n2)c1. The van der Waals surface area contributed by atoms with Crippen LogP contribution in [0.15, 0.2) is 54.7 Å². The van der Waals surface area contributed by atoms with Crippen LogP contribution in [-0.2, 0) is 21.4 Å². The van der Waals surface area contributed by atoms with Crippen LogP contribution < -0.4 is 15.4 Å². The molecule has 0 saturated heterocycles. The van der Waals surface area contributed by atoms with Crippen molar-refractivity contribution in [2.45, 2.75) is 19.4 Å². The van der Waals surface area contributed by atoms with Crippen LogP contribution in [0.5, 0.6) is 0 Å². The number of carbonyl (C=O) groups is 1. The van der Waals surface area contributed by atoms with Crippen molar-refractivity contribution in [2.24, 2.45) is 5.92 Å². The predicted molar refractivity (Wildman–Crippen MR) is 130 cm³/mol. The lowest BCUT2D eigenvalue weighted by molar-refractivity contribution is -0.122. The second kappa shape index (κ2) is 8.75. The van der Waals surface area contributed by atoms with Gasteiger partial charge in [0, 0.05) is 23.7 Å². The zero-order valence-electron chi connectivity index (χ0n) is 18.4. The van der Waals surface area contributed by atoms with Gasteiger partial charge in [0.15, 0.2) is 0 Å². The van der Waals surface area contributed by atoms with E-state index in [1.165, 1.54) is 0 Å². The molecule has 0 spiro atoms. The molecule has 10 nitrogen and oxygen atoms in total. The Kier molecular flexibility index (Phi) is 5.62. The number of nitrogens with zero attached hydrogens (tertiary/aromatic N) is 3. The average molecular weight is 478 g/mol. The van der Waals surface area contributed by atoms with E-state index in [9.17, 15) is 13.2 Å². The first-order valence-electron chi connectivity index (χ1n) is 10.8. The number of aromatic nitrogens is 4. The Hall–Kier alpha value is -3.99. The number of anilines is 3. The summed E-state index contributed by atoms with van der Waals surface area (Å²) in [5, 5.41) is 13.5. The molecule has 0 bridgehead atoms. The number of carbonyl (C=O) groups excluding carboxylic acids is 1. The third-order valence-corrected chi connectivity index (χ3v) is 5.94. The second-order valence-electron chi connectivity index (χ2n) is 8.30. The van der Waals surface area contributed by atoms with Gasteiger partial charge in [0.2, 0.25) is 21.9 Å². The third-order valence-electron chi connectivity index (χ3n) is 5.34. The molecule has 1 saturated carbocycles. The van der Waals surface area contributed by atoms with Gasteiger partial charge in [-0.05, 0) is 42.7 Å². The molecule has 0 atom stereocenters. The van der Waals surface area contributed by atoms with Crippen LogP contribution in [0, 0.1) is 5.92 Å². The summed E-state index contributed by atoms with van der Waals surface area (Å²) in [6, 6.07) is 14.6. The molecule has 0 unspecified atom stereocenters. The summed E-state index contributed by atoms with van der Waals surface area (Å²) in [5.41, 5.74) is 4.90. The Balaban J connectivity index is 1.38. The summed E-state index contributed by atoms with van der Waals surface area (Å²) in [7, 11) is -3.38. The number of benzene rings is 2. The van der Waals surface area contributed by atoms with Gasteiger partial charge in [-0.25, -0.2) is 18.4 Å². The van der Waals surface area contributed by atoms with E-state index in [4.69, 9.17) is 0 Å². The summed E-state index contributed by atoms with van der Waals surface area (Å²) < 4.78 is 25.5. The van der Waals surface area contributed by atoms with Crippen molar-refractivity contribution < 1.29 is 13.2 Å². The number of amides is 1. The second-order valence-corrected chi connectivity index (χ2v) is 10.0. The number of sulfonamides is 1. The third kappa shape index (κ3) is 5.15. The lowest BCUT2D eigenvalue weighted by Crippen LogP contribution is -2.24. The Morgan fingerprint density at radius 2 is 1.91 bits per heavy atom. The molecule has 34 heavy (non-hydrogen) atoms. The van der Waals surface area contributed by atoms with Crippen LogP contribution in [0.3, 0.4) is 0 Å². The number of aromatic amines is 1. The summed E-state index contributed by atoms with van der Waals surface area (Å²) in [5.74, 6) is 0.623. The van der Waals surface area contributed by atoms with E-state index in [1.807, 2.05) is 24.3 Å². The summed E-state index contributed by atoms with van der Waals surface area (Å²) in [4.78, 5) is 20.9. The Bertz CT molecular complexity index is 1480. The number of fused-ring (bicyclic) bond motifs is 1. The van der Waals surface area contributed by atoms with E-state index in [0.29, 0.717) is 40.6 Å². The number of H-pyrrole nitrogens is 1. The molecule has 0 aliphatic heterocycles. The standard InChI is InChI=1S/C23H23N7O3S/c1-34(32,33)30-18-7-3-6-17(11-18)26-23-25-13-19-21(27-23)20(29-28-19)16-5-2-4-14(10-16)12-24-22(31)15-8-9-15/h2-7,10-11,13,15,30H,8-9,12H2,1H3,(H,24,31)(H,28,29)(H,25,26,27). The number of hydrogen-bond acceptors (Lipinski definition) is 7. The maximum absolute atomic E-state index is 12.0. The Morgan fingerprint density at radius 3 is 2.71 bits per heavy atom. The monoisotopic (exact) mass is 477 g/mol. The topological polar surface area (TPSA) is 142 Å². The first-order valence-corrected chi connectivity index (χ1v) is 12.7. The zero-order chi connectivity index (χ0) is 23.7. The van der Waals surface area contributed by atoms with E-state index in [-0.39, 0.29) is 11.8 Å². The van der Waals surface area contributed by atoms with Crippen molar-refractivity contribution in [1.82, 2.24) is 25.5 Å². The molecule has 11 heteroatoms. The van der Waals surface area contributed by atoms with Crippen molar-refractivity contribution in [3.8, 4) is 11.3 Å². The van der Waals surface area contributed by atoms with E-state index < -0.39 is 10.0 Å². The highest BCUT2D eigenvalue weighted by atomic mass is 32.2. The lowest BCUT2D eigenvalue weighted by atomic mass is 10.1. The maximum Gasteiger partial charge on any atom is 0.229 e. The molecule has 1 fully saturated rings. The molecule has 5 rings (SSSR count). The summed E-state index contributed by atoms with van der Waals surface area (Å²) >= 11 is 0. The molecular weight excluding hydrogens is 454 g/mol. The van der Waals surface area contributed by atoms with Crippen LogP contribution in [0.2, 0.25) is 0 Å². The van der Waals surface area contributed by atoms with Crippen LogP contribution in [-0.4, -0.2) is 40.7 Å². The van der Waals surface area contributed by atoms with Gasteiger partial charge < -0.3 is 10.6 Å². The molecule has 4 N–H and O–H groups in total. The molecule has 0 radical (unpaired) electrons. The molecule has 174 valence electrons. The largest absolute Gasteiger partial charge is 0.352 e. The van der Waals surface area contributed by atoms with Crippen LogP contribution in [0.1, 0.15) is 18.4 Å². The van der Waals surface area contributed by atoms with E-state index >= 15 is 0 Å². The van der Waals surface area contributed by atoms with Crippen LogP contribution in [0.25, 0.3) is 22.3 Å². The fourth-order valence-corrected chi connectivity index (χ4v) is 4.14. The number of rotatable bonds is 8. The predicted octanol–water partition coefficient (Wildman–Crippen LogP) is 3.16. The fraction of sp³-hybridized carbons (Fsp3) is 0.217. The van der Waals surface area contributed by atoms with Crippen molar-refractivity contribution >= 4 is 44.3 Å². The van der Waals surface area contributed by atoms with E-state index in [0.717, 1.165) is 30.2 Å². The van der Waals surface area contributed by atoms with E-state index in [2.05, 4.69) is 35.5 Å². The van der Waals surface area contributed by atoms with Crippen molar-refractivity contribution in [3.63, 3.8) is 0 Å². The lowest BCUT2D eigenvalue weighted by Gasteiger charge is -2.08. The van der Waals surface area contributed by atoms with Gasteiger partial charge in [-0.2, -0.15) is 5.10 Å². The molecule has 2 aromatic carbocycles. The Labute approximate surface area is 196 Å². The van der Waals surface area contributed by atoms with Gasteiger partial charge >= 0.3 is 0 Å². The maximum atomic E-state index is 12.0. The van der Waals surface area contributed by atoms with Crippen molar-refractivity contribution in [3.05, 3.63) is 60.3 Å². The molecule has 1 amide bonds. The van der Waals surface area contributed by atoms with Crippen LogP contribution in [0.4, 0.5) is 17.3 Å². The van der Waals surface area contributed by atoms with Gasteiger partial charge in [0.25, 0.3) is 0 Å². The quantitative estimate of drug-likeness (QED) is 0.305. The van der Waals surface area contributed by atoms with Gasteiger partial charge in [-0.15, -0.1) is 0 Å². The minimum atomic E-state index is -3.38. The van der Waals surface area contributed by atoms with E-state index in [1.54, 1.807) is 30.5 Å². The molecule has 4 aromatic rings. The summed E-state index contributed by atoms with van der Waals surface area (Å²) in [6.07, 6.45) is 4.68. The Morgan fingerprint density at radius 1 is 1.12 bits per heavy atom. The molecular formula is C23H23N7O3S. The average Bonchev–Trinajstić information content (AvgIpc) is 3.56. The van der Waals surface area contributed by atoms with Gasteiger partial charge in [-0.3, -0.25) is 14.6 Å². The smallest absolute Gasteiger partial charge is 0.229 e. The highest BCUT2D eigenvalue weighted by Crippen LogP contribution is 2.29. The minimum absolute atomic E-state index is 0.106. The van der Waals surface area contributed by atoms with Crippen molar-refractivity contribution in [2.75, 3.05) is 16.3 Å².